The average Bonchev–Trinajstić information content (AvgIpc) is 3.12. The number of esters is 1. The van der Waals surface area contributed by atoms with Gasteiger partial charge in [-0.3, -0.25) is 14.5 Å². The van der Waals surface area contributed by atoms with Gasteiger partial charge >= 0.3 is 5.97 Å². The van der Waals surface area contributed by atoms with Gasteiger partial charge in [0, 0.05) is 12.3 Å². The Kier molecular flexibility index (Phi) is 4.03. The van der Waals surface area contributed by atoms with E-state index in [4.69, 9.17) is 4.74 Å². The van der Waals surface area contributed by atoms with Crippen molar-refractivity contribution < 1.29 is 27.1 Å². The lowest BCUT2D eigenvalue weighted by Gasteiger charge is -2.13. The number of nitrogens with zero attached hydrogens (tertiary/aromatic N) is 2. The Labute approximate surface area is 136 Å². The van der Waals surface area contributed by atoms with E-state index in [1.165, 1.54) is 19.2 Å². The number of hydrogen-bond donors (Lipinski definition) is 1. The van der Waals surface area contributed by atoms with Crippen LogP contribution in [0.2, 0.25) is 0 Å². The molecule has 0 amide bonds. The average molecular weight is 355 g/mol. The summed E-state index contributed by atoms with van der Waals surface area (Å²) in [6, 6.07) is 1.29. The molecule has 0 spiro atoms. The van der Waals surface area contributed by atoms with Gasteiger partial charge in [-0.15, -0.1) is 0 Å². The zero-order valence-corrected chi connectivity index (χ0v) is 12.6. The second kappa shape index (κ2) is 6.04. The number of benzene rings is 1. The third kappa shape index (κ3) is 2.46. The van der Waals surface area contributed by atoms with Crippen LogP contribution in [0, 0.1) is 23.3 Å². The number of fused-ring (bicyclic) bond motifs is 1. The molecule has 130 valence electrons. The monoisotopic (exact) mass is 355 g/mol. The number of pyridine rings is 1. The second-order valence-corrected chi connectivity index (χ2v) is 4.88. The predicted molar refractivity (Wildman–Crippen MR) is 77.5 cm³/mol. The van der Waals surface area contributed by atoms with E-state index >= 15 is 0 Å². The summed E-state index contributed by atoms with van der Waals surface area (Å²) < 4.78 is 61.1. The first-order valence-electron chi connectivity index (χ1n) is 6.96. The topological polar surface area (TPSA) is 77.0 Å². The Balaban J connectivity index is 2.54. The molecule has 10 heteroatoms. The number of ether oxygens (including phenoxy) is 1. The molecule has 3 rings (SSSR count). The number of aromatic nitrogens is 3. The lowest BCUT2D eigenvalue weighted by molar-refractivity contribution is 0.0524. The molecule has 0 radical (unpaired) electrons. The van der Waals surface area contributed by atoms with Crippen molar-refractivity contribution in [2.45, 2.75) is 6.92 Å². The fourth-order valence-electron chi connectivity index (χ4n) is 2.37. The normalized spacial score (nSPS) is 11.1. The zero-order chi connectivity index (χ0) is 18.3. The van der Waals surface area contributed by atoms with Gasteiger partial charge in [0.05, 0.1) is 18.2 Å². The molecule has 0 atom stereocenters. The van der Waals surface area contributed by atoms with Crippen LogP contribution in [0.3, 0.4) is 0 Å². The van der Waals surface area contributed by atoms with Gasteiger partial charge in [-0.2, -0.15) is 5.10 Å². The van der Waals surface area contributed by atoms with Crippen molar-refractivity contribution in [2.75, 3.05) is 6.61 Å². The number of halogens is 4. The molecule has 1 aromatic carbocycles. The molecule has 1 N–H and O–H groups in total. The molecule has 0 bridgehead atoms. The molecule has 2 aromatic heterocycles. The predicted octanol–water partition coefficient (Wildman–Crippen LogP) is 2.45. The minimum Gasteiger partial charge on any atom is -0.462 e. The van der Waals surface area contributed by atoms with Gasteiger partial charge in [0.25, 0.3) is 0 Å². The van der Waals surface area contributed by atoms with E-state index < -0.39 is 51.1 Å². The zero-order valence-electron chi connectivity index (χ0n) is 12.6. The molecule has 0 saturated heterocycles. The van der Waals surface area contributed by atoms with E-state index in [-0.39, 0.29) is 12.4 Å². The summed E-state index contributed by atoms with van der Waals surface area (Å²) in [5, 5.41) is 4.89. The Morgan fingerprint density at radius 1 is 1.20 bits per heavy atom. The van der Waals surface area contributed by atoms with Crippen molar-refractivity contribution in [1.29, 1.82) is 0 Å². The van der Waals surface area contributed by atoms with E-state index in [0.29, 0.717) is 0 Å². The highest BCUT2D eigenvalue weighted by Crippen LogP contribution is 2.27. The molecule has 2 heterocycles. The number of carbonyl (C=O) groups excluding carboxylic acids is 1. The van der Waals surface area contributed by atoms with E-state index in [1.54, 1.807) is 0 Å². The van der Waals surface area contributed by atoms with Gasteiger partial charge in [-0.1, -0.05) is 0 Å². The first-order valence-corrected chi connectivity index (χ1v) is 6.96. The van der Waals surface area contributed by atoms with Gasteiger partial charge < -0.3 is 4.74 Å². The van der Waals surface area contributed by atoms with Crippen molar-refractivity contribution in [2.24, 2.45) is 0 Å². The summed E-state index contributed by atoms with van der Waals surface area (Å²) in [6.07, 6.45) is 2.09. The Morgan fingerprint density at radius 3 is 2.48 bits per heavy atom. The number of nitrogens with one attached hydrogen (secondary N) is 1. The molecular weight excluding hydrogens is 346 g/mol. The van der Waals surface area contributed by atoms with Crippen molar-refractivity contribution in [1.82, 2.24) is 14.8 Å². The molecule has 0 aliphatic carbocycles. The van der Waals surface area contributed by atoms with Crippen LogP contribution in [-0.4, -0.2) is 27.3 Å². The SMILES string of the molecule is CCOC(=O)c1cn(-c2ccn[nH]2)c2c(F)c(F)c(F)c(F)c2c1=O. The number of rotatable bonds is 3. The summed E-state index contributed by atoms with van der Waals surface area (Å²) in [7, 11) is 0. The smallest absolute Gasteiger partial charge is 0.343 e. The molecule has 0 aliphatic rings. The highest BCUT2D eigenvalue weighted by molar-refractivity contribution is 5.94. The van der Waals surface area contributed by atoms with Crippen LogP contribution in [0.15, 0.2) is 23.3 Å². The van der Waals surface area contributed by atoms with Gasteiger partial charge in [-0.05, 0) is 6.92 Å². The molecule has 0 unspecified atom stereocenters. The van der Waals surface area contributed by atoms with Crippen LogP contribution >= 0.6 is 0 Å². The minimum atomic E-state index is -2.15. The van der Waals surface area contributed by atoms with Crippen molar-refractivity contribution in [3.8, 4) is 5.82 Å². The second-order valence-electron chi connectivity index (χ2n) is 4.88. The van der Waals surface area contributed by atoms with E-state index in [9.17, 15) is 27.2 Å². The Morgan fingerprint density at radius 2 is 1.88 bits per heavy atom. The molecule has 3 aromatic rings. The number of H-pyrrole nitrogens is 1. The van der Waals surface area contributed by atoms with E-state index in [0.717, 1.165) is 10.8 Å². The van der Waals surface area contributed by atoms with E-state index in [1.807, 2.05) is 0 Å². The summed E-state index contributed by atoms with van der Waals surface area (Å²) >= 11 is 0. The van der Waals surface area contributed by atoms with Gasteiger partial charge in [-0.25, -0.2) is 22.4 Å². The number of carbonyl (C=O) groups is 1. The number of hydrogen-bond acceptors (Lipinski definition) is 4. The molecule has 0 aliphatic heterocycles. The maximum Gasteiger partial charge on any atom is 0.343 e. The maximum atomic E-state index is 14.3. The molecular formula is C15H9F4N3O3. The van der Waals surface area contributed by atoms with Gasteiger partial charge in [0.2, 0.25) is 5.43 Å². The summed E-state index contributed by atoms with van der Waals surface area (Å²) in [6.45, 7) is 1.39. The molecule has 0 saturated carbocycles. The lowest BCUT2D eigenvalue weighted by atomic mass is 10.1. The fourth-order valence-corrected chi connectivity index (χ4v) is 2.37. The number of aromatic amines is 1. The largest absolute Gasteiger partial charge is 0.462 e. The van der Waals surface area contributed by atoms with Crippen molar-refractivity contribution in [3.63, 3.8) is 0 Å². The van der Waals surface area contributed by atoms with Crippen LogP contribution in [0.25, 0.3) is 16.7 Å². The van der Waals surface area contributed by atoms with Gasteiger partial charge in [0.15, 0.2) is 23.3 Å². The van der Waals surface area contributed by atoms with Crippen LogP contribution in [0.5, 0.6) is 0 Å². The molecule has 6 nitrogen and oxygen atoms in total. The van der Waals surface area contributed by atoms with Crippen LogP contribution in [-0.2, 0) is 4.74 Å². The third-order valence-corrected chi connectivity index (χ3v) is 3.45. The molecule has 25 heavy (non-hydrogen) atoms. The van der Waals surface area contributed by atoms with Crippen molar-refractivity contribution in [3.05, 3.63) is 57.5 Å². The van der Waals surface area contributed by atoms with Crippen molar-refractivity contribution >= 4 is 16.9 Å². The highest BCUT2D eigenvalue weighted by atomic mass is 19.2. The first kappa shape index (κ1) is 16.7. The third-order valence-electron chi connectivity index (χ3n) is 3.45. The van der Waals surface area contributed by atoms with E-state index in [2.05, 4.69) is 10.2 Å². The summed E-state index contributed by atoms with van der Waals surface area (Å²) in [5.74, 6) is -9.05. The summed E-state index contributed by atoms with van der Waals surface area (Å²) in [5.41, 5.74) is -2.87. The van der Waals surface area contributed by atoms with Gasteiger partial charge in [0.1, 0.15) is 16.9 Å². The molecule has 0 fully saturated rings. The standard InChI is InChI=1S/C15H9F4N3O3/c1-2-25-15(24)6-5-22(7-3-4-20-21-7)13-8(14(6)23)9(16)10(17)11(18)12(13)19/h3-5H,2H2,1H3,(H,20,21). The maximum absolute atomic E-state index is 14.3. The highest BCUT2D eigenvalue weighted by Gasteiger charge is 2.28. The van der Waals surface area contributed by atoms with Crippen LogP contribution in [0.1, 0.15) is 17.3 Å². The van der Waals surface area contributed by atoms with Crippen LogP contribution in [0.4, 0.5) is 17.6 Å². The first-order chi connectivity index (χ1) is 11.9. The summed E-state index contributed by atoms with van der Waals surface area (Å²) in [4.78, 5) is 24.3. The minimum absolute atomic E-state index is 0.0140. The Hall–Kier alpha value is -3.17. The quantitative estimate of drug-likeness (QED) is 0.339. The lowest BCUT2D eigenvalue weighted by Crippen LogP contribution is -2.23. The Bertz CT molecular complexity index is 1040. The van der Waals surface area contributed by atoms with Crippen LogP contribution < -0.4 is 5.43 Å². The fraction of sp³-hybridized carbons (Fsp3) is 0.133.